The third-order valence-electron chi connectivity index (χ3n) is 8.21. The van der Waals surface area contributed by atoms with Gasteiger partial charge >= 0.3 is 0 Å². The summed E-state index contributed by atoms with van der Waals surface area (Å²) < 4.78 is 11.5. The predicted molar refractivity (Wildman–Crippen MR) is 128 cm³/mol. The van der Waals surface area contributed by atoms with Crippen LogP contribution in [-0.4, -0.2) is 35.8 Å². The van der Waals surface area contributed by atoms with Crippen LogP contribution in [0.15, 0.2) is 24.4 Å². The molecule has 1 aromatic heterocycles. The van der Waals surface area contributed by atoms with Gasteiger partial charge in [-0.2, -0.15) is 4.68 Å². The number of benzene rings is 1. The molecular formula is C27H37N4O2+. The number of nitrogens with one attached hydrogen (secondary N) is 1. The van der Waals surface area contributed by atoms with Crippen molar-refractivity contribution in [3.05, 3.63) is 30.0 Å². The fourth-order valence-electron chi connectivity index (χ4n) is 5.87. The molecular weight excluding hydrogens is 412 g/mol. The minimum Gasteiger partial charge on any atom is -0.489 e. The number of amides is 1. The number of nitrogens with zero attached hydrogens (tertiary/aromatic N) is 3. The van der Waals surface area contributed by atoms with Crippen LogP contribution in [0.25, 0.3) is 11.3 Å². The molecule has 6 heteroatoms. The van der Waals surface area contributed by atoms with E-state index in [-0.39, 0.29) is 12.0 Å². The highest BCUT2D eigenvalue weighted by Gasteiger charge is 2.40. The lowest BCUT2D eigenvalue weighted by Gasteiger charge is -2.38. The Hall–Kier alpha value is -2.34. The van der Waals surface area contributed by atoms with Gasteiger partial charge in [0.1, 0.15) is 11.4 Å². The first-order valence-corrected chi connectivity index (χ1v) is 13.1. The van der Waals surface area contributed by atoms with Crippen molar-refractivity contribution in [1.82, 2.24) is 10.00 Å². The summed E-state index contributed by atoms with van der Waals surface area (Å²) in [6, 6.07) is 7.42. The molecule has 1 saturated heterocycles. The van der Waals surface area contributed by atoms with Crippen molar-refractivity contribution in [3.8, 4) is 17.0 Å². The number of piperidine rings is 1. The second-order valence-corrected chi connectivity index (χ2v) is 10.6. The van der Waals surface area contributed by atoms with Crippen LogP contribution in [0.2, 0.25) is 0 Å². The average Bonchev–Trinajstić information content (AvgIpc) is 3.58. The highest BCUT2D eigenvalue weighted by molar-refractivity contribution is 5.99. The van der Waals surface area contributed by atoms with Crippen molar-refractivity contribution in [2.24, 2.45) is 13.0 Å². The van der Waals surface area contributed by atoms with Crippen LogP contribution in [0.3, 0.4) is 0 Å². The molecule has 1 amide bonds. The van der Waals surface area contributed by atoms with Gasteiger partial charge in [0.2, 0.25) is 5.91 Å². The van der Waals surface area contributed by atoms with Gasteiger partial charge in [-0.05, 0) is 89.9 Å². The summed E-state index contributed by atoms with van der Waals surface area (Å²) in [4.78, 5) is 15.3. The van der Waals surface area contributed by atoms with Crippen LogP contribution in [0, 0.1) is 5.92 Å². The Morgan fingerprint density at radius 2 is 1.85 bits per heavy atom. The van der Waals surface area contributed by atoms with Gasteiger partial charge < -0.3 is 15.0 Å². The summed E-state index contributed by atoms with van der Waals surface area (Å²) in [5.41, 5.74) is 4.76. The van der Waals surface area contributed by atoms with Gasteiger partial charge in [-0.15, -0.1) is 4.68 Å². The summed E-state index contributed by atoms with van der Waals surface area (Å²) in [5.74, 6) is 1.58. The third kappa shape index (κ3) is 3.76. The zero-order valence-corrected chi connectivity index (χ0v) is 20.1. The summed E-state index contributed by atoms with van der Waals surface area (Å²) in [7, 11) is 2.15. The van der Waals surface area contributed by atoms with Crippen molar-refractivity contribution in [3.63, 3.8) is 0 Å². The number of ether oxygens (including phenoxy) is 1. The van der Waals surface area contributed by atoms with Gasteiger partial charge in [0.25, 0.3) is 0 Å². The van der Waals surface area contributed by atoms with Crippen molar-refractivity contribution < 1.29 is 14.2 Å². The number of hydrogen-bond acceptors (Lipinski definition) is 3. The molecule has 0 radical (unpaired) electrons. The first-order chi connectivity index (χ1) is 16.1. The van der Waals surface area contributed by atoms with Gasteiger partial charge in [0, 0.05) is 29.2 Å². The normalized spacial score (nSPS) is 23.8. The Bertz CT molecular complexity index is 1050. The van der Waals surface area contributed by atoms with Gasteiger partial charge in [0.05, 0.1) is 17.8 Å². The highest BCUT2D eigenvalue weighted by atomic mass is 16.5. The summed E-state index contributed by atoms with van der Waals surface area (Å²) in [5, 5.41) is 3.50. The van der Waals surface area contributed by atoms with Crippen molar-refractivity contribution >= 4 is 11.6 Å². The maximum atomic E-state index is 13.2. The molecule has 1 atom stereocenters. The number of hydrogen-bond donors (Lipinski definition) is 1. The van der Waals surface area contributed by atoms with E-state index in [1.807, 2.05) is 0 Å². The molecule has 6 rings (SSSR count). The molecule has 33 heavy (non-hydrogen) atoms. The van der Waals surface area contributed by atoms with E-state index in [0.717, 1.165) is 75.9 Å². The second kappa shape index (κ2) is 8.46. The number of rotatable bonds is 5. The fraction of sp³-hybridized carbons (Fsp3) is 0.630. The molecule has 0 spiro atoms. The minimum absolute atomic E-state index is 0.227. The fourth-order valence-corrected chi connectivity index (χ4v) is 5.87. The maximum Gasteiger partial charge on any atom is 0.230 e. The summed E-state index contributed by atoms with van der Waals surface area (Å²) in [6.07, 6.45) is 12.3. The Labute approximate surface area is 196 Å². The predicted octanol–water partition coefficient (Wildman–Crippen LogP) is 3.91. The zero-order chi connectivity index (χ0) is 22.5. The van der Waals surface area contributed by atoms with Gasteiger partial charge in [-0.1, -0.05) is 0 Å². The Morgan fingerprint density at radius 1 is 1.06 bits per heavy atom. The van der Waals surface area contributed by atoms with Crippen molar-refractivity contribution in [2.75, 3.05) is 18.0 Å². The first-order valence-electron chi connectivity index (χ1n) is 13.1. The van der Waals surface area contributed by atoms with E-state index in [1.165, 1.54) is 23.2 Å². The highest BCUT2D eigenvalue weighted by Crippen LogP contribution is 2.46. The number of carbonyl (C=O) groups is 1. The molecule has 0 bridgehead atoms. The van der Waals surface area contributed by atoms with Crippen LogP contribution in [0.1, 0.15) is 69.9 Å². The quantitative estimate of drug-likeness (QED) is 0.704. The Morgan fingerprint density at radius 3 is 2.55 bits per heavy atom. The van der Waals surface area contributed by atoms with Crippen LogP contribution in [-0.2, 0) is 18.3 Å². The third-order valence-corrected chi connectivity index (χ3v) is 8.21. The number of fused-ring (bicyclic) bond motifs is 1. The molecule has 2 aromatic rings. The lowest BCUT2D eigenvalue weighted by Crippen LogP contribution is -2.44. The van der Waals surface area contributed by atoms with Gasteiger partial charge in [-0.25, -0.2) is 0 Å². The Balaban J connectivity index is 1.46. The summed E-state index contributed by atoms with van der Waals surface area (Å²) in [6.45, 7) is 4.33. The smallest absolute Gasteiger partial charge is 0.230 e. The topological polar surface area (TPSA) is 50.4 Å². The number of carbonyl (C=O) groups excluding carboxylic acids is 1. The van der Waals surface area contributed by atoms with Crippen LogP contribution in [0.4, 0.5) is 5.69 Å². The van der Waals surface area contributed by atoms with E-state index in [0.29, 0.717) is 18.1 Å². The number of aryl methyl sites for hydroxylation is 1. The van der Waals surface area contributed by atoms with Gasteiger partial charge in [-0.3, -0.25) is 4.79 Å². The van der Waals surface area contributed by atoms with Crippen LogP contribution >= 0.6 is 0 Å². The van der Waals surface area contributed by atoms with Crippen LogP contribution < -0.4 is 19.6 Å². The van der Waals surface area contributed by atoms with Crippen LogP contribution in [0.5, 0.6) is 5.75 Å². The van der Waals surface area contributed by atoms with Crippen molar-refractivity contribution in [2.45, 2.75) is 82.9 Å². The number of aromatic nitrogens is 2. The SMILES string of the molecule is C[C@H]1CCc2c(ccc(-c3cc[n+](C)n3C3CCNCC3)c2OC2CCC2)N1C(=O)C1CC1. The molecule has 0 unspecified atom stereocenters. The largest absolute Gasteiger partial charge is 0.489 e. The lowest BCUT2D eigenvalue weighted by atomic mass is 9.91. The molecule has 2 aliphatic heterocycles. The average molecular weight is 450 g/mol. The maximum absolute atomic E-state index is 13.2. The zero-order valence-electron chi connectivity index (χ0n) is 20.1. The van der Waals surface area contributed by atoms with E-state index < -0.39 is 0 Å². The molecule has 1 aromatic carbocycles. The van der Waals surface area contributed by atoms with Gasteiger partial charge in [0.15, 0.2) is 13.2 Å². The van der Waals surface area contributed by atoms with E-state index in [1.54, 1.807) is 0 Å². The molecule has 176 valence electrons. The van der Waals surface area contributed by atoms with E-state index in [9.17, 15) is 4.79 Å². The molecule has 2 aliphatic carbocycles. The molecule has 3 heterocycles. The van der Waals surface area contributed by atoms with Crippen molar-refractivity contribution in [1.29, 1.82) is 0 Å². The molecule has 6 nitrogen and oxygen atoms in total. The minimum atomic E-state index is 0.227. The van der Waals surface area contributed by atoms with E-state index in [4.69, 9.17) is 4.74 Å². The lowest BCUT2D eigenvalue weighted by molar-refractivity contribution is -0.755. The van der Waals surface area contributed by atoms with E-state index >= 15 is 0 Å². The molecule has 3 fully saturated rings. The second-order valence-electron chi connectivity index (χ2n) is 10.6. The van der Waals surface area contributed by atoms with E-state index in [2.05, 4.69) is 57.9 Å². The first kappa shape index (κ1) is 21.2. The summed E-state index contributed by atoms with van der Waals surface area (Å²) >= 11 is 0. The standard InChI is InChI=1S/C27H37N4O2/c1-18-6-9-22-24(30(18)27(32)19-7-8-19)11-10-23(26(22)33-21-4-3-5-21)25-14-17-29(2)31(25)20-12-15-28-16-13-20/h10-11,14,17-21,28H,3-9,12-13,15-16H2,1-2H3/q+1/t18-/m0/s1. The molecule has 1 N–H and O–H groups in total. The Kier molecular flexibility index (Phi) is 5.44. The molecule has 4 aliphatic rings. The molecule has 2 saturated carbocycles. The number of anilines is 1. The monoisotopic (exact) mass is 449 g/mol.